The molecule has 1 rings (SSSR count). The molecule has 0 aliphatic heterocycles. The van der Waals surface area contributed by atoms with Crippen LogP contribution in [0, 0.1) is 3.57 Å². The molecule has 0 aliphatic rings. The fraction of sp³-hybridized carbons (Fsp3) is 0.333. The van der Waals surface area contributed by atoms with Crippen LogP contribution in [0.5, 0.6) is 0 Å². The van der Waals surface area contributed by atoms with E-state index in [1.54, 1.807) is 32.0 Å². The summed E-state index contributed by atoms with van der Waals surface area (Å²) in [6.45, 7) is 3.25. The number of rotatable bonds is 3. The third-order valence-corrected chi connectivity index (χ3v) is 4.72. The SMILES string of the molecule is CC(C)S(=O)(=O)Nc1cc(Cl)ccc1I. The summed E-state index contributed by atoms with van der Waals surface area (Å²) in [5, 5.41) is 0.0455. The molecule has 0 amide bonds. The van der Waals surface area contributed by atoms with Gasteiger partial charge in [0.05, 0.1) is 10.9 Å². The van der Waals surface area contributed by atoms with Gasteiger partial charge in [0.2, 0.25) is 10.0 Å². The molecule has 0 radical (unpaired) electrons. The normalized spacial score (nSPS) is 11.8. The summed E-state index contributed by atoms with van der Waals surface area (Å²) in [5.41, 5.74) is 0.525. The lowest BCUT2D eigenvalue weighted by molar-refractivity contribution is 0.593. The van der Waals surface area contributed by atoms with Crippen LogP contribution in [-0.2, 0) is 10.0 Å². The van der Waals surface area contributed by atoms with Crippen LogP contribution in [0.2, 0.25) is 5.02 Å². The molecular formula is C9H11ClINO2S. The minimum absolute atomic E-state index is 0.465. The predicted molar refractivity (Wildman–Crippen MR) is 71.8 cm³/mol. The van der Waals surface area contributed by atoms with E-state index < -0.39 is 15.3 Å². The van der Waals surface area contributed by atoms with Gasteiger partial charge in [0.15, 0.2) is 0 Å². The molecule has 0 heterocycles. The molecule has 1 N–H and O–H groups in total. The van der Waals surface area contributed by atoms with E-state index in [9.17, 15) is 8.42 Å². The van der Waals surface area contributed by atoms with Crippen LogP contribution in [0.25, 0.3) is 0 Å². The average Bonchev–Trinajstić information content (AvgIpc) is 2.10. The van der Waals surface area contributed by atoms with Crippen molar-refractivity contribution in [3.8, 4) is 0 Å². The first-order valence-corrected chi connectivity index (χ1v) is 7.30. The third kappa shape index (κ3) is 3.49. The minimum Gasteiger partial charge on any atom is -0.282 e. The van der Waals surface area contributed by atoms with Gasteiger partial charge in [-0.15, -0.1) is 0 Å². The lowest BCUT2D eigenvalue weighted by Crippen LogP contribution is -2.22. The summed E-state index contributed by atoms with van der Waals surface area (Å²) in [7, 11) is -3.30. The Bertz CT molecular complexity index is 459. The molecule has 1 aromatic carbocycles. The van der Waals surface area contributed by atoms with Gasteiger partial charge < -0.3 is 0 Å². The lowest BCUT2D eigenvalue weighted by Gasteiger charge is -2.12. The van der Waals surface area contributed by atoms with Crippen molar-refractivity contribution in [2.24, 2.45) is 0 Å². The highest BCUT2D eigenvalue weighted by Crippen LogP contribution is 2.24. The van der Waals surface area contributed by atoms with Gasteiger partial charge in [0.1, 0.15) is 0 Å². The highest BCUT2D eigenvalue weighted by Gasteiger charge is 2.16. The van der Waals surface area contributed by atoms with Crippen molar-refractivity contribution in [2.45, 2.75) is 19.1 Å². The van der Waals surface area contributed by atoms with E-state index in [2.05, 4.69) is 27.3 Å². The monoisotopic (exact) mass is 359 g/mol. The molecule has 0 aliphatic carbocycles. The molecule has 0 atom stereocenters. The molecule has 0 saturated heterocycles. The second kappa shape index (κ2) is 4.88. The predicted octanol–water partition coefficient (Wildman–Crippen LogP) is 3.09. The van der Waals surface area contributed by atoms with Crippen LogP contribution in [-0.4, -0.2) is 13.7 Å². The Kier molecular flexibility index (Phi) is 4.25. The van der Waals surface area contributed by atoms with Gasteiger partial charge in [-0.3, -0.25) is 4.72 Å². The standard InChI is InChI=1S/C9H11ClINO2S/c1-6(2)15(13,14)12-9-5-7(10)3-4-8(9)11/h3-6,12H,1-2H3. The Morgan fingerprint density at radius 3 is 2.53 bits per heavy atom. The zero-order valence-electron chi connectivity index (χ0n) is 8.29. The molecule has 0 saturated carbocycles. The van der Waals surface area contributed by atoms with E-state index in [1.165, 1.54) is 0 Å². The van der Waals surface area contributed by atoms with E-state index >= 15 is 0 Å². The number of benzene rings is 1. The van der Waals surface area contributed by atoms with Crippen molar-refractivity contribution in [2.75, 3.05) is 4.72 Å². The third-order valence-electron chi connectivity index (χ3n) is 1.80. The van der Waals surface area contributed by atoms with E-state index in [0.717, 1.165) is 3.57 Å². The van der Waals surface area contributed by atoms with Gasteiger partial charge in [-0.1, -0.05) is 11.6 Å². The quantitative estimate of drug-likeness (QED) is 0.843. The topological polar surface area (TPSA) is 46.2 Å². The van der Waals surface area contributed by atoms with E-state index in [-0.39, 0.29) is 0 Å². The Hall–Kier alpha value is -0.0100. The summed E-state index contributed by atoms with van der Waals surface area (Å²) < 4.78 is 26.5. The molecule has 0 bridgehead atoms. The molecule has 84 valence electrons. The molecule has 0 aromatic heterocycles. The average molecular weight is 360 g/mol. The first-order chi connectivity index (χ1) is 6.83. The number of anilines is 1. The summed E-state index contributed by atoms with van der Waals surface area (Å²) >= 11 is 7.84. The van der Waals surface area contributed by atoms with Gasteiger partial charge >= 0.3 is 0 Å². The van der Waals surface area contributed by atoms with Crippen molar-refractivity contribution in [3.63, 3.8) is 0 Å². The number of sulfonamides is 1. The van der Waals surface area contributed by atoms with Crippen molar-refractivity contribution >= 4 is 49.9 Å². The number of nitrogens with one attached hydrogen (secondary N) is 1. The number of hydrogen-bond donors (Lipinski definition) is 1. The van der Waals surface area contributed by atoms with Gasteiger partial charge in [-0.25, -0.2) is 8.42 Å². The first-order valence-electron chi connectivity index (χ1n) is 4.29. The van der Waals surface area contributed by atoms with Crippen LogP contribution in [0.15, 0.2) is 18.2 Å². The molecule has 1 aromatic rings. The van der Waals surface area contributed by atoms with Crippen LogP contribution >= 0.6 is 34.2 Å². The smallest absolute Gasteiger partial charge is 0.235 e. The van der Waals surface area contributed by atoms with E-state index in [1.807, 2.05) is 0 Å². The fourth-order valence-corrected chi connectivity index (χ4v) is 2.38. The van der Waals surface area contributed by atoms with Crippen molar-refractivity contribution < 1.29 is 8.42 Å². The maximum Gasteiger partial charge on any atom is 0.235 e. The number of halogens is 2. The first kappa shape index (κ1) is 13.1. The maximum absolute atomic E-state index is 11.6. The summed E-state index contributed by atoms with van der Waals surface area (Å²) in [6.07, 6.45) is 0. The summed E-state index contributed by atoms with van der Waals surface area (Å²) in [4.78, 5) is 0. The summed E-state index contributed by atoms with van der Waals surface area (Å²) in [6, 6.07) is 5.08. The Balaban J connectivity index is 3.05. The highest BCUT2D eigenvalue weighted by molar-refractivity contribution is 14.1. The van der Waals surface area contributed by atoms with Crippen molar-refractivity contribution in [1.82, 2.24) is 0 Å². The molecule has 6 heteroatoms. The fourth-order valence-electron chi connectivity index (χ4n) is 0.847. The second-order valence-corrected chi connectivity index (χ2v) is 7.16. The van der Waals surface area contributed by atoms with Crippen LogP contribution in [0.3, 0.4) is 0 Å². The minimum atomic E-state index is -3.30. The largest absolute Gasteiger partial charge is 0.282 e. The molecule has 0 spiro atoms. The van der Waals surface area contributed by atoms with Crippen LogP contribution in [0.1, 0.15) is 13.8 Å². The molecule has 15 heavy (non-hydrogen) atoms. The van der Waals surface area contributed by atoms with Gasteiger partial charge in [-0.05, 0) is 54.6 Å². The Labute approximate surface area is 108 Å². The summed E-state index contributed by atoms with van der Waals surface area (Å²) in [5.74, 6) is 0. The molecular weight excluding hydrogens is 349 g/mol. The van der Waals surface area contributed by atoms with Gasteiger partial charge in [0.25, 0.3) is 0 Å². The molecule has 0 unspecified atom stereocenters. The number of hydrogen-bond acceptors (Lipinski definition) is 2. The maximum atomic E-state index is 11.6. The zero-order chi connectivity index (χ0) is 11.6. The molecule has 3 nitrogen and oxygen atoms in total. The Morgan fingerprint density at radius 1 is 1.40 bits per heavy atom. The molecule has 0 fully saturated rings. The Morgan fingerprint density at radius 2 is 2.00 bits per heavy atom. The van der Waals surface area contributed by atoms with Gasteiger partial charge in [-0.2, -0.15) is 0 Å². The van der Waals surface area contributed by atoms with E-state index in [4.69, 9.17) is 11.6 Å². The van der Waals surface area contributed by atoms with Crippen LogP contribution in [0.4, 0.5) is 5.69 Å². The van der Waals surface area contributed by atoms with E-state index in [0.29, 0.717) is 10.7 Å². The second-order valence-electron chi connectivity index (χ2n) is 3.32. The van der Waals surface area contributed by atoms with Gasteiger partial charge in [0, 0.05) is 8.59 Å². The zero-order valence-corrected chi connectivity index (χ0v) is 12.0. The highest BCUT2D eigenvalue weighted by atomic mass is 127. The lowest BCUT2D eigenvalue weighted by atomic mass is 10.3. The van der Waals surface area contributed by atoms with Crippen molar-refractivity contribution in [3.05, 3.63) is 26.8 Å². The van der Waals surface area contributed by atoms with Crippen molar-refractivity contribution in [1.29, 1.82) is 0 Å². The van der Waals surface area contributed by atoms with Crippen LogP contribution < -0.4 is 4.72 Å².